The maximum Gasteiger partial charge on any atom is 0.338 e. The average molecular weight is 240 g/mol. The molecule has 0 radical (unpaired) electrons. The van der Waals surface area contributed by atoms with E-state index in [0.717, 1.165) is 12.0 Å². The lowest BCUT2D eigenvalue weighted by atomic mass is 10.0. The van der Waals surface area contributed by atoms with E-state index >= 15 is 0 Å². The highest BCUT2D eigenvalue weighted by Crippen LogP contribution is 2.12. The standard InChI is InChI=1S/C16H16O2/c1-2-18-16(17)15-10-6-9-14(12-15)11-13-7-4-3-5-8-13/h3-10,12H,2,11H2,1H3. The van der Waals surface area contributed by atoms with Gasteiger partial charge in [-0.25, -0.2) is 4.79 Å². The van der Waals surface area contributed by atoms with Crippen LogP contribution in [-0.4, -0.2) is 12.6 Å². The molecule has 0 unspecified atom stereocenters. The summed E-state index contributed by atoms with van der Waals surface area (Å²) in [6.45, 7) is 2.22. The molecule has 2 aromatic carbocycles. The molecular weight excluding hydrogens is 224 g/mol. The van der Waals surface area contributed by atoms with Crippen molar-refractivity contribution in [3.8, 4) is 0 Å². The van der Waals surface area contributed by atoms with Gasteiger partial charge in [0.05, 0.1) is 12.2 Å². The lowest BCUT2D eigenvalue weighted by Crippen LogP contribution is -2.05. The van der Waals surface area contributed by atoms with Crippen molar-refractivity contribution in [3.05, 3.63) is 71.3 Å². The van der Waals surface area contributed by atoms with Gasteiger partial charge in [-0.1, -0.05) is 42.5 Å². The Bertz CT molecular complexity index is 518. The van der Waals surface area contributed by atoms with Gasteiger partial charge in [-0.2, -0.15) is 0 Å². The van der Waals surface area contributed by atoms with Gasteiger partial charge in [-0.05, 0) is 36.6 Å². The molecule has 2 aromatic rings. The summed E-state index contributed by atoms with van der Waals surface area (Å²) in [6, 6.07) is 17.8. The Kier molecular flexibility index (Phi) is 4.13. The molecule has 0 bridgehead atoms. The first-order chi connectivity index (χ1) is 8.79. The van der Waals surface area contributed by atoms with E-state index in [2.05, 4.69) is 12.1 Å². The van der Waals surface area contributed by atoms with Crippen molar-refractivity contribution >= 4 is 5.97 Å². The molecule has 92 valence electrons. The van der Waals surface area contributed by atoms with Crippen molar-refractivity contribution in [3.63, 3.8) is 0 Å². The average Bonchev–Trinajstić information content (AvgIpc) is 2.40. The second-order valence-corrected chi connectivity index (χ2v) is 4.08. The van der Waals surface area contributed by atoms with Crippen LogP contribution >= 0.6 is 0 Å². The van der Waals surface area contributed by atoms with Crippen LogP contribution in [-0.2, 0) is 11.2 Å². The highest BCUT2D eigenvalue weighted by atomic mass is 16.5. The molecule has 0 fully saturated rings. The van der Waals surface area contributed by atoms with Crippen LogP contribution in [0.15, 0.2) is 54.6 Å². The molecule has 2 heteroatoms. The van der Waals surface area contributed by atoms with Gasteiger partial charge >= 0.3 is 5.97 Å². The zero-order chi connectivity index (χ0) is 12.8. The summed E-state index contributed by atoms with van der Waals surface area (Å²) in [5.74, 6) is -0.257. The first kappa shape index (κ1) is 12.4. The zero-order valence-electron chi connectivity index (χ0n) is 10.4. The minimum atomic E-state index is -0.257. The predicted molar refractivity (Wildman–Crippen MR) is 71.6 cm³/mol. The Morgan fingerprint density at radius 1 is 1.00 bits per heavy atom. The number of rotatable bonds is 4. The summed E-state index contributed by atoms with van der Waals surface area (Å²) in [4.78, 5) is 11.6. The summed E-state index contributed by atoms with van der Waals surface area (Å²) >= 11 is 0. The van der Waals surface area contributed by atoms with Gasteiger partial charge < -0.3 is 4.74 Å². The topological polar surface area (TPSA) is 26.3 Å². The Hall–Kier alpha value is -2.09. The first-order valence-corrected chi connectivity index (χ1v) is 6.09. The van der Waals surface area contributed by atoms with Crippen LogP contribution in [0.5, 0.6) is 0 Å². The molecule has 0 amide bonds. The van der Waals surface area contributed by atoms with E-state index in [0.29, 0.717) is 12.2 Å². The molecule has 0 aliphatic rings. The third kappa shape index (κ3) is 3.20. The van der Waals surface area contributed by atoms with Crippen LogP contribution in [0.25, 0.3) is 0 Å². The Morgan fingerprint density at radius 2 is 1.72 bits per heavy atom. The normalized spacial score (nSPS) is 10.1. The van der Waals surface area contributed by atoms with Gasteiger partial charge in [0.2, 0.25) is 0 Å². The van der Waals surface area contributed by atoms with Crippen molar-refractivity contribution in [1.29, 1.82) is 0 Å². The van der Waals surface area contributed by atoms with E-state index in [4.69, 9.17) is 4.74 Å². The van der Waals surface area contributed by atoms with Gasteiger partial charge in [0.1, 0.15) is 0 Å². The fourth-order valence-corrected chi connectivity index (χ4v) is 1.85. The van der Waals surface area contributed by atoms with Crippen LogP contribution in [0, 0.1) is 0 Å². The number of carbonyl (C=O) groups is 1. The number of esters is 1. The Labute approximate surface area is 107 Å². The number of benzene rings is 2. The van der Waals surface area contributed by atoms with E-state index in [1.54, 1.807) is 6.07 Å². The highest BCUT2D eigenvalue weighted by Gasteiger charge is 2.06. The van der Waals surface area contributed by atoms with E-state index < -0.39 is 0 Å². The molecular formula is C16H16O2. The predicted octanol–water partition coefficient (Wildman–Crippen LogP) is 3.45. The van der Waals surface area contributed by atoms with E-state index in [-0.39, 0.29) is 5.97 Å². The number of hydrogen-bond acceptors (Lipinski definition) is 2. The van der Waals surface area contributed by atoms with Crippen LogP contribution in [0.2, 0.25) is 0 Å². The van der Waals surface area contributed by atoms with Gasteiger partial charge in [-0.15, -0.1) is 0 Å². The molecule has 2 rings (SSSR count). The lowest BCUT2D eigenvalue weighted by molar-refractivity contribution is 0.0526. The van der Waals surface area contributed by atoms with Crippen molar-refractivity contribution < 1.29 is 9.53 Å². The second-order valence-electron chi connectivity index (χ2n) is 4.08. The molecule has 0 saturated carbocycles. The molecule has 0 saturated heterocycles. The SMILES string of the molecule is CCOC(=O)c1cccc(Cc2ccccc2)c1. The van der Waals surface area contributed by atoms with Crippen molar-refractivity contribution in [2.75, 3.05) is 6.61 Å². The maximum atomic E-state index is 11.6. The molecule has 0 heterocycles. The zero-order valence-corrected chi connectivity index (χ0v) is 10.4. The smallest absolute Gasteiger partial charge is 0.338 e. The Morgan fingerprint density at radius 3 is 2.44 bits per heavy atom. The summed E-state index contributed by atoms with van der Waals surface area (Å²) in [5.41, 5.74) is 2.97. The molecule has 0 aliphatic heterocycles. The van der Waals surface area contributed by atoms with Crippen molar-refractivity contribution in [2.45, 2.75) is 13.3 Å². The monoisotopic (exact) mass is 240 g/mol. The lowest BCUT2D eigenvalue weighted by Gasteiger charge is -2.05. The van der Waals surface area contributed by atoms with Crippen LogP contribution in [0.3, 0.4) is 0 Å². The van der Waals surface area contributed by atoms with Gasteiger partial charge in [-0.3, -0.25) is 0 Å². The van der Waals surface area contributed by atoms with Crippen LogP contribution < -0.4 is 0 Å². The van der Waals surface area contributed by atoms with Gasteiger partial charge in [0.15, 0.2) is 0 Å². The van der Waals surface area contributed by atoms with E-state index in [1.807, 2.05) is 43.3 Å². The molecule has 18 heavy (non-hydrogen) atoms. The summed E-state index contributed by atoms with van der Waals surface area (Å²) < 4.78 is 4.99. The molecule has 0 atom stereocenters. The van der Waals surface area contributed by atoms with Gasteiger partial charge in [0, 0.05) is 0 Å². The number of carbonyl (C=O) groups excluding carboxylic acids is 1. The third-order valence-corrected chi connectivity index (χ3v) is 2.69. The minimum Gasteiger partial charge on any atom is -0.462 e. The van der Waals surface area contributed by atoms with Crippen molar-refractivity contribution in [1.82, 2.24) is 0 Å². The molecule has 0 aliphatic carbocycles. The van der Waals surface area contributed by atoms with Gasteiger partial charge in [0.25, 0.3) is 0 Å². The Balaban J connectivity index is 2.15. The van der Waals surface area contributed by atoms with Crippen LogP contribution in [0.4, 0.5) is 0 Å². The molecule has 0 spiro atoms. The number of ether oxygens (including phenoxy) is 1. The second kappa shape index (κ2) is 6.01. The number of hydrogen-bond donors (Lipinski definition) is 0. The molecule has 0 N–H and O–H groups in total. The first-order valence-electron chi connectivity index (χ1n) is 6.09. The van der Waals surface area contributed by atoms with E-state index in [1.165, 1.54) is 5.56 Å². The van der Waals surface area contributed by atoms with Crippen molar-refractivity contribution in [2.24, 2.45) is 0 Å². The maximum absolute atomic E-state index is 11.6. The summed E-state index contributed by atoms with van der Waals surface area (Å²) in [7, 11) is 0. The highest BCUT2D eigenvalue weighted by molar-refractivity contribution is 5.89. The van der Waals surface area contributed by atoms with Crippen LogP contribution in [0.1, 0.15) is 28.4 Å². The fourth-order valence-electron chi connectivity index (χ4n) is 1.85. The quantitative estimate of drug-likeness (QED) is 0.765. The minimum absolute atomic E-state index is 0.257. The third-order valence-electron chi connectivity index (χ3n) is 2.69. The largest absolute Gasteiger partial charge is 0.462 e. The van der Waals surface area contributed by atoms with E-state index in [9.17, 15) is 4.79 Å². The molecule has 0 aromatic heterocycles. The summed E-state index contributed by atoms with van der Waals surface area (Å²) in [6.07, 6.45) is 0.827. The molecule has 2 nitrogen and oxygen atoms in total. The fraction of sp³-hybridized carbons (Fsp3) is 0.188. The summed E-state index contributed by atoms with van der Waals surface area (Å²) in [5, 5.41) is 0.